The van der Waals surface area contributed by atoms with E-state index in [2.05, 4.69) is 5.32 Å². The highest BCUT2D eigenvalue weighted by Crippen LogP contribution is 2.22. The Bertz CT molecular complexity index is 576. The van der Waals surface area contributed by atoms with Gasteiger partial charge in [-0.05, 0) is 37.1 Å². The maximum Gasteiger partial charge on any atom is 0.242 e. The van der Waals surface area contributed by atoms with Crippen molar-refractivity contribution in [3.63, 3.8) is 0 Å². The van der Waals surface area contributed by atoms with E-state index in [9.17, 15) is 13.5 Å². The van der Waals surface area contributed by atoms with Crippen molar-refractivity contribution in [2.24, 2.45) is 0 Å². The Morgan fingerprint density at radius 2 is 1.95 bits per heavy atom. The predicted molar refractivity (Wildman–Crippen MR) is 73.1 cm³/mol. The molecule has 0 fully saturated rings. The highest BCUT2D eigenvalue weighted by Gasteiger charge is 2.27. The third-order valence-electron chi connectivity index (χ3n) is 3.13. The van der Waals surface area contributed by atoms with Gasteiger partial charge in [0.25, 0.3) is 0 Å². The predicted octanol–water partition coefficient (Wildman–Crippen LogP) is 0.681. The molecular formula is C13H20N2O3S. The molecule has 2 N–H and O–H groups in total. The second-order valence-electron chi connectivity index (χ2n) is 5.61. The average Bonchev–Trinajstić information content (AvgIpc) is 2.73. The highest BCUT2D eigenvalue weighted by atomic mass is 32.2. The van der Waals surface area contributed by atoms with E-state index in [1.54, 1.807) is 26.0 Å². The zero-order valence-corrected chi connectivity index (χ0v) is 12.3. The van der Waals surface area contributed by atoms with Gasteiger partial charge in [-0.25, -0.2) is 8.42 Å². The van der Waals surface area contributed by atoms with Crippen molar-refractivity contribution < 1.29 is 13.5 Å². The summed E-state index contributed by atoms with van der Waals surface area (Å²) in [6.45, 7) is 4.73. The lowest BCUT2D eigenvalue weighted by Gasteiger charge is -2.25. The average molecular weight is 284 g/mol. The summed E-state index contributed by atoms with van der Waals surface area (Å²) in [6, 6.07) is 5.19. The van der Waals surface area contributed by atoms with Crippen LogP contribution in [-0.2, 0) is 23.1 Å². The molecule has 106 valence electrons. The minimum atomic E-state index is -3.55. The van der Waals surface area contributed by atoms with Gasteiger partial charge in [-0.3, -0.25) is 0 Å². The molecule has 19 heavy (non-hydrogen) atoms. The first-order chi connectivity index (χ1) is 8.70. The standard InChI is InChI=1S/C13H20N2O3S/c1-13(2,16)9-15(3)19(17,18)12-5-4-10-7-14-8-11(10)6-12/h4-6,14,16H,7-9H2,1-3H3. The van der Waals surface area contributed by atoms with Crippen LogP contribution in [0.15, 0.2) is 23.1 Å². The molecule has 0 saturated heterocycles. The summed E-state index contributed by atoms with van der Waals surface area (Å²) in [5.41, 5.74) is 1.11. The van der Waals surface area contributed by atoms with E-state index < -0.39 is 15.6 Å². The molecule has 0 unspecified atom stereocenters. The van der Waals surface area contributed by atoms with Gasteiger partial charge in [-0.1, -0.05) is 6.07 Å². The van der Waals surface area contributed by atoms with Gasteiger partial charge < -0.3 is 10.4 Å². The monoisotopic (exact) mass is 284 g/mol. The van der Waals surface area contributed by atoms with Crippen molar-refractivity contribution in [1.29, 1.82) is 0 Å². The minimum Gasteiger partial charge on any atom is -0.389 e. The van der Waals surface area contributed by atoms with E-state index >= 15 is 0 Å². The first kappa shape index (κ1) is 14.5. The highest BCUT2D eigenvalue weighted by molar-refractivity contribution is 7.89. The normalized spacial score (nSPS) is 15.8. The van der Waals surface area contributed by atoms with Crippen molar-refractivity contribution in [2.75, 3.05) is 13.6 Å². The molecule has 6 heteroatoms. The third-order valence-corrected chi connectivity index (χ3v) is 4.93. The van der Waals surface area contributed by atoms with Crippen LogP contribution in [0, 0.1) is 0 Å². The number of sulfonamides is 1. The third kappa shape index (κ3) is 3.14. The molecule has 1 aromatic carbocycles. The fraction of sp³-hybridized carbons (Fsp3) is 0.538. The molecule has 0 saturated carbocycles. The maximum atomic E-state index is 12.4. The Labute approximate surface area is 114 Å². The largest absolute Gasteiger partial charge is 0.389 e. The topological polar surface area (TPSA) is 69.6 Å². The number of rotatable bonds is 4. The first-order valence-corrected chi connectivity index (χ1v) is 7.65. The van der Waals surface area contributed by atoms with E-state index in [0.29, 0.717) is 6.54 Å². The second kappa shape index (κ2) is 4.86. The number of benzene rings is 1. The Morgan fingerprint density at radius 3 is 2.58 bits per heavy atom. The lowest BCUT2D eigenvalue weighted by molar-refractivity contribution is 0.0640. The SMILES string of the molecule is CN(CC(C)(C)O)S(=O)(=O)c1ccc2c(c1)CNC2. The molecule has 0 radical (unpaired) electrons. The van der Waals surface area contributed by atoms with Gasteiger partial charge in [0.2, 0.25) is 10.0 Å². The van der Waals surface area contributed by atoms with Gasteiger partial charge in [0.15, 0.2) is 0 Å². The summed E-state index contributed by atoms with van der Waals surface area (Å²) in [4.78, 5) is 0.279. The fourth-order valence-corrected chi connectivity index (χ4v) is 3.62. The molecule has 1 heterocycles. The van der Waals surface area contributed by atoms with Gasteiger partial charge in [0.05, 0.1) is 10.5 Å². The summed E-state index contributed by atoms with van der Waals surface area (Å²) < 4.78 is 26.0. The Kier molecular flexibility index (Phi) is 3.70. The van der Waals surface area contributed by atoms with E-state index in [-0.39, 0.29) is 11.4 Å². The van der Waals surface area contributed by atoms with Gasteiger partial charge in [-0.2, -0.15) is 4.31 Å². The molecule has 1 aliphatic rings. The van der Waals surface area contributed by atoms with Crippen molar-refractivity contribution in [2.45, 2.75) is 37.4 Å². The van der Waals surface area contributed by atoms with Crippen LogP contribution in [0.2, 0.25) is 0 Å². The van der Waals surface area contributed by atoms with Crippen molar-refractivity contribution in [1.82, 2.24) is 9.62 Å². The molecule has 1 aliphatic heterocycles. The maximum absolute atomic E-state index is 12.4. The quantitative estimate of drug-likeness (QED) is 0.853. The van der Waals surface area contributed by atoms with Crippen molar-refractivity contribution in [3.8, 4) is 0 Å². The van der Waals surface area contributed by atoms with E-state index in [0.717, 1.165) is 17.7 Å². The smallest absolute Gasteiger partial charge is 0.242 e. The molecule has 0 amide bonds. The van der Waals surface area contributed by atoms with Crippen LogP contribution < -0.4 is 5.32 Å². The van der Waals surface area contributed by atoms with E-state index in [4.69, 9.17) is 0 Å². The molecule has 0 atom stereocenters. The summed E-state index contributed by atoms with van der Waals surface area (Å²) in [7, 11) is -2.06. The lowest BCUT2D eigenvalue weighted by atomic mass is 10.1. The van der Waals surface area contributed by atoms with Gasteiger partial charge >= 0.3 is 0 Å². The first-order valence-electron chi connectivity index (χ1n) is 6.21. The zero-order chi connectivity index (χ0) is 14.3. The number of nitrogens with zero attached hydrogens (tertiary/aromatic N) is 1. The van der Waals surface area contributed by atoms with E-state index in [1.807, 2.05) is 6.07 Å². The van der Waals surface area contributed by atoms with Crippen LogP contribution in [0.25, 0.3) is 0 Å². The number of hydrogen-bond acceptors (Lipinski definition) is 4. The van der Waals surface area contributed by atoms with Crippen molar-refractivity contribution >= 4 is 10.0 Å². The molecule has 0 bridgehead atoms. The fourth-order valence-electron chi connectivity index (χ4n) is 2.24. The van der Waals surface area contributed by atoms with Gasteiger partial charge in [0.1, 0.15) is 0 Å². The Balaban J connectivity index is 2.29. The van der Waals surface area contributed by atoms with Crippen LogP contribution in [-0.4, -0.2) is 37.0 Å². The van der Waals surface area contributed by atoms with E-state index in [1.165, 1.54) is 11.4 Å². The summed E-state index contributed by atoms with van der Waals surface area (Å²) in [5.74, 6) is 0. The number of aliphatic hydroxyl groups is 1. The van der Waals surface area contributed by atoms with Crippen molar-refractivity contribution in [3.05, 3.63) is 29.3 Å². The van der Waals surface area contributed by atoms with Crippen LogP contribution in [0.5, 0.6) is 0 Å². The lowest BCUT2D eigenvalue weighted by Crippen LogP contribution is -2.39. The minimum absolute atomic E-state index is 0.0602. The molecule has 5 nitrogen and oxygen atoms in total. The summed E-state index contributed by atoms with van der Waals surface area (Å²) >= 11 is 0. The molecular weight excluding hydrogens is 264 g/mol. The summed E-state index contributed by atoms with van der Waals surface area (Å²) in [6.07, 6.45) is 0. The van der Waals surface area contributed by atoms with Crippen LogP contribution in [0.4, 0.5) is 0 Å². The van der Waals surface area contributed by atoms with Gasteiger partial charge in [0, 0.05) is 26.7 Å². The molecule has 1 aromatic rings. The number of likely N-dealkylation sites (N-methyl/N-ethyl adjacent to an activating group) is 1. The van der Waals surface area contributed by atoms with Crippen LogP contribution in [0.1, 0.15) is 25.0 Å². The molecule has 0 aliphatic carbocycles. The summed E-state index contributed by atoms with van der Waals surface area (Å²) in [5, 5.41) is 12.9. The molecule has 0 spiro atoms. The Morgan fingerprint density at radius 1 is 1.32 bits per heavy atom. The molecule has 2 rings (SSSR count). The second-order valence-corrected chi connectivity index (χ2v) is 7.65. The van der Waals surface area contributed by atoms with Crippen LogP contribution in [0.3, 0.4) is 0 Å². The number of hydrogen-bond donors (Lipinski definition) is 2. The number of nitrogens with one attached hydrogen (secondary N) is 1. The van der Waals surface area contributed by atoms with Crippen LogP contribution >= 0.6 is 0 Å². The number of fused-ring (bicyclic) bond motifs is 1. The Hall–Kier alpha value is -0.950. The van der Waals surface area contributed by atoms with Gasteiger partial charge in [-0.15, -0.1) is 0 Å². The zero-order valence-electron chi connectivity index (χ0n) is 11.5. The molecule has 0 aromatic heterocycles.